The van der Waals surface area contributed by atoms with Gasteiger partial charge in [0, 0.05) is 38.6 Å². The first-order chi connectivity index (χ1) is 9.76. The van der Waals surface area contributed by atoms with Crippen LogP contribution in [0, 0.1) is 0 Å². The Morgan fingerprint density at radius 1 is 1.10 bits per heavy atom. The average Bonchev–Trinajstić information content (AvgIpc) is 2.95. The lowest BCUT2D eigenvalue weighted by molar-refractivity contribution is -0.119. The van der Waals surface area contributed by atoms with Crippen LogP contribution in [-0.2, 0) is 11.3 Å². The monoisotopic (exact) mass is 279 g/mol. The van der Waals surface area contributed by atoms with E-state index in [-0.39, 0.29) is 12.5 Å². The first-order valence-electron chi connectivity index (χ1n) is 7.16. The minimum absolute atomic E-state index is 0.0468. The van der Waals surface area contributed by atoms with Crippen LogP contribution in [0.15, 0.2) is 29.5 Å². The predicted molar refractivity (Wildman–Crippen MR) is 81.7 cm³/mol. The molecular formula is C14H25N5O. The van der Waals surface area contributed by atoms with Gasteiger partial charge in [-0.1, -0.05) is 6.92 Å². The Bertz CT molecular complexity index is 400. The summed E-state index contributed by atoms with van der Waals surface area (Å²) in [6.07, 6.45) is 4.97. The Labute approximate surface area is 120 Å². The number of rotatable bonds is 8. The molecule has 0 saturated heterocycles. The van der Waals surface area contributed by atoms with E-state index in [1.807, 2.05) is 38.4 Å². The fourth-order valence-corrected chi connectivity index (χ4v) is 1.64. The molecule has 0 aromatic carbocycles. The third-order valence-corrected chi connectivity index (χ3v) is 2.63. The standard InChI is InChI=1S/C14H25N5O/c1-3-7-16-13(20)12-18-14(15-4-2)17-8-11-19-9-5-6-10-19/h5-6,9-10H,3-4,7-8,11-12H2,1-2H3,(H,16,20)(H2,15,17,18). The molecule has 0 saturated carbocycles. The van der Waals surface area contributed by atoms with Gasteiger partial charge in [0.25, 0.3) is 0 Å². The molecular weight excluding hydrogens is 254 g/mol. The number of nitrogens with one attached hydrogen (secondary N) is 3. The number of nitrogens with zero attached hydrogens (tertiary/aromatic N) is 2. The van der Waals surface area contributed by atoms with Crippen molar-refractivity contribution >= 4 is 11.9 Å². The van der Waals surface area contributed by atoms with Crippen molar-refractivity contribution in [1.29, 1.82) is 0 Å². The van der Waals surface area contributed by atoms with E-state index in [4.69, 9.17) is 0 Å². The molecule has 0 spiro atoms. The number of carbonyl (C=O) groups excluding carboxylic acids is 1. The van der Waals surface area contributed by atoms with Gasteiger partial charge in [-0.25, -0.2) is 4.99 Å². The highest BCUT2D eigenvalue weighted by Gasteiger charge is 2.01. The molecule has 1 aromatic rings. The summed E-state index contributed by atoms with van der Waals surface area (Å²) in [5.41, 5.74) is 0. The molecule has 0 unspecified atom stereocenters. The van der Waals surface area contributed by atoms with E-state index >= 15 is 0 Å². The van der Waals surface area contributed by atoms with Gasteiger partial charge in [0.1, 0.15) is 6.54 Å². The van der Waals surface area contributed by atoms with E-state index in [1.54, 1.807) is 0 Å². The number of guanidine groups is 1. The number of amides is 1. The highest BCUT2D eigenvalue weighted by atomic mass is 16.1. The molecule has 20 heavy (non-hydrogen) atoms. The quantitative estimate of drug-likeness (QED) is 0.481. The molecule has 1 rings (SSSR count). The lowest BCUT2D eigenvalue weighted by Gasteiger charge is -2.11. The Morgan fingerprint density at radius 2 is 1.85 bits per heavy atom. The molecule has 1 amide bonds. The Kier molecular flexibility index (Phi) is 7.95. The number of aromatic nitrogens is 1. The molecule has 3 N–H and O–H groups in total. The Balaban J connectivity index is 2.32. The van der Waals surface area contributed by atoms with Crippen molar-refractivity contribution < 1.29 is 4.79 Å². The van der Waals surface area contributed by atoms with Gasteiger partial charge in [0.15, 0.2) is 5.96 Å². The number of carbonyl (C=O) groups is 1. The van der Waals surface area contributed by atoms with Crippen molar-refractivity contribution in [3.63, 3.8) is 0 Å². The van der Waals surface area contributed by atoms with Gasteiger partial charge in [-0.3, -0.25) is 4.79 Å². The Morgan fingerprint density at radius 3 is 2.50 bits per heavy atom. The molecule has 0 atom stereocenters. The summed E-state index contributed by atoms with van der Waals surface area (Å²) < 4.78 is 2.09. The third kappa shape index (κ3) is 6.82. The summed E-state index contributed by atoms with van der Waals surface area (Å²) in [6.45, 7) is 7.27. The topological polar surface area (TPSA) is 70.4 Å². The third-order valence-electron chi connectivity index (χ3n) is 2.63. The average molecular weight is 279 g/mol. The number of hydrogen-bond acceptors (Lipinski definition) is 2. The van der Waals surface area contributed by atoms with Crippen LogP contribution in [0.3, 0.4) is 0 Å². The van der Waals surface area contributed by atoms with Crippen LogP contribution < -0.4 is 16.0 Å². The van der Waals surface area contributed by atoms with Crippen molar-refractivity contribution in [2.24, 2.45) is 4.99 Å². The maximum absolute atomic E-state index is 11.5. The fraction of sp³-hybridized carbons (Fsp3) is 0.571. The molecule has 0 aliphatic heterocycles. The van der Waals surface area contributed by atoms with Crippen LogP contribution in [-0.4, -0.2) is 42.6 Å². The van der Waals surface area contributed by atoms with Crippen molar-refractivity contribution in [3.05, 3.63) is 24.5 Å². The van der Waals surface area contributed by atoms with Gasteiger partial charge >= 0.3 is 0 Å². The highest BCUT2D eigenvalue weighted by Crippen LogP contribution is 1.88. The SMILES string of the molecule is CCCNC(=O)CN=C(NCC)NCCn1cccc1. The molecule has 0 fully saturated rings. The van der Waals surface area contributed by atoms with Gasteiger partial charge in [-0.15, -0.1) is 0 Å². The van der Waals surface area contributed by atoms with E-state index in [0.29, 0.717) is 12.5 Å². The summed E-state index contributed by atoms with van der Waals surface area (Å²) in [5, 5.41) is 9.13. The van der Waals surface area contributed by atoms with Crippen LogP contribution in [0.5, 0.6) is 0 Å². The Hall–Kier alpha value is -1.98. The van der Waals surface area contributed by atoms with Gasteiger partial charge in [-0.05, 0) is 25.5 Å². The smallest absolute Gasteiger partial charge is 0.241 e. The van der Waals surface area contributed by atoms with E-state index < -0.39 is 0 Å². The predicted octanol–water partition coefficient (Wildman–Crippen LogP) is 0.569. The lowest BCUT2D eigenvalue weighted by Crippen LogP contribution is -2.39. The number of hydrogen-bond donors (Lipinski definition) is 3. The van der Waals surface area contributed by atoms with Crippen LogP contribution in [0.25, 0.3) is 0 Å². The van der Waals surface area contributed by atoms with Gasteiger partial charge in [-0.2, -0.15) is 0 Å². The largest absolute Gasteiger partial charge is 0.357 e. The molecule has 0 aliphatic carbocycles. The minimum atomic E-state index is -0.0468. The molecule has 6 heteroatoms. The first-order valence-corrected chi connectivity index (χ1v) is 7.16. The van der Waals surface area contributed by atoms with E-state index in [2.05, 4.69) is 25.5 Å². The second-order valence-corrected chi connectivity index (χ2v) is 4.39. The van der Waals surface area contributed by atoms with Crippen LogP contribution in [0.4, 0.5) is 0 Å². The van der Waals surface area contributed by atoms with Crippen LogP contribution in [0.2, 0.25) is 0 Å². The van der Waals surface area contributed by atoms with Crippen molar-refractivity contribution in [3.8, 4) is 0 Å². The zero-order valence-corrected chi connectivity index (χ0v) is 12.4. The van der Waals surface area contributed by atoms with Crippen LogP contribution in [0.1, 0.15) is 20.3 Å². The number of aliphatic imine (C=N–C) groups is 1. The maximum atomic E-state index is 11.5. The van der Waals surface area contributed by atoms with Gasteiger partial charge < -0.3 is 20.5 Å². The molecule has 112 valence electrons. The minimum Gasteiger partial charge on any atom is -0.357 e. The van der Waals surface area contributed by atoms with Crippen molar-refractivity contribution in [2.45, 2.75) is 26.8 Å². The molecule has 1 heterocycles. The lowest BCUT2D eigenvalue weighted by atomic mass is 10.4. The normalized spacial score (nSPS) is 11.2. The first kappa shape index (κ1) is 16.1. The maximum Gasteiger partial charge on any atom is 0.241 e. The zero-order chi connectivity index (χ0) is 14.6. The van der Waals surface area contributed by atoms with Gasteiger partial charge in [0.2, 0.25) is 5.91 Å². The fourth-order valence-electron chi connectivity index (χ4n) is 1.64. The van der Waals surface area contributed by atoms with E-state index in [0.717, 1.165) is 26.1 Å². The summed E-state index contributed by atoms with van der Waals surface area (Å²) in [7, 11) is 0. The molecule has 0 aliphatic rings. The van der Waals surface area contributed by atoms with E-state index in [9.17, 15) is 4.79 Å². The van der Waals surface area contributed by atoms with Crippen LogP contribution >= 0.6 is 0 Å². The molecule has 6 nitrogen and oxygen atoms in total. The van der Waals surface area contributed by atoms with Crippen molar-refractivity contribution in [2.75, 3.05) is 26.2 Å². The molecule has 0 radical (unpaired) electrons. The summed E-state index contributed by atoms with van der Waals surface area (Å²) in [6, 6.07) is 3.99. The second-order valence-electron chi connectivity index (χ2n) is 4.39. The van der Waals surface area contributed by atoms with Crippen molar-refractivity contribution in [1.82, 2.24) is 20.5 Å². The molecule has 0 bridgehead atoms. The van der Waals surface area contributed by atoms with Gasteiger partial charge in [0.05, 0.1) is 0 Å². The summed E-state index contributed by atoms with van der Waals surface area (Å²) in [4.78, 5) is 15.8. The molecule has 1 aromatic heterocycles. The summed E-state index contributed by atoms with van der Waals surface area (Å²) >= 11 is 0. The second kappa shape index (κ2) is 9.89. The zero-order valence-electron chi connectivity index (χ0n) is 12.4. The van der Waals surface area contributed by atoms with E-state index in [1.165, 1.54) is 0 Å². The summed E-state index contributed by atoms with van der Waals surface area (Å²) in [5.74, 6) is 0.626. The highest BCUT2D eigenvalue weighted by molar-refractivity contribution is 5.84.